The maximum absolute atomic E-state index is 13.2. The Morgan fingerprint density at radius 2 is 1.89 bits per heavy atom. The van der Waals surface area contributed by atoms with E-state index in [0.717, 1.165) is 27.9 Å². The zero-order valence-electron chi connectivity index (χ0n) is 21.7. The molecular formula is C27H35N7O. The summed E-state index contributed by atoms with van der Waals surface area (Å²) in [6.45, 7) is 15.8. The number of pyridine rings is 2. The Hall–Kier alpha value is -3.39. The molecule has 0 aliphatic carbocycles. The van der Waals surface area contributed by atoms with Gasteiger partial charge in [-0.05, 0) is 85.7 Å². The van der Waals surface area contributed by atoms with Crippen molar-refractivity contribution in [2.75, 3.05) is 0 Å². The first-order chi connectivity index (χ1) is 16.5. The summed E-state index contributed by atoms with van der Waals surface area (Å²) < 4.78 is 1.89. The lowest BCUT2D eigenvalue weighted by Gasteiger charge is -2.35. The summed E-state index contributed by atoms with van der Waals surface area (Å²) in [5.74, 6) is 0.989. The second-order valence-electron chi connectivity index (χ2n) is 10.7. The second-order valence-corrected chi connectivity index (χ2v) is 10.7. The van der Waals surface area contributed by atoms with Gasteiger partial charge in [-0.15, -0.1) is 5.10 Å². The average Bonchev–Trinajstić information content (AvgIpc) is 3.25. The number of nitrogens with zero attached hydrogens (tertiary/aromatic N) is 6. The van der Waals surface area contributed by atoms with Gasteiger partial charge in [0, 0.05) is 31.0 Å². The van der Waals surface area contributed by atoms with Crippen LogP contribution in [0.15, 0.2) is 47.5 Å². The maximum Gasteiger partial charge on any atom is 0.252 e. The number of fused-ring (bicyclic) bond motifs is 1. The Kier molecular flexibility index (Phi) is 6.85. The molecule has 4 aromatic rings. The fraction of sp³-hybridized carbons (Fsp3) is 0.444. The molecule has 1 N–H and O–H groups in total. The van der Waals surface area contributed by atoms with Crippen molar-refractivity contribution in [2.24, 2.45) is 5.92 Å². The van der Waals surface area contributed by atoms with Crippen LogP contribution in [0.1, 0.15) is 68.7 Å². The fourth-order valence-corrected chi connectivity index (χ4v) is 4.79. The molecule has 3 aromatic heterocycles. The molecule has 184 valence electrons. The molecule has 35 heavy (non-hydrogen) atoms. The van der Waals surface area contributed by atoms with Crippen LogP contribution in [0, 0.1) is 19.8 Å². The Labute approximate surface area is 206 Å². The molecule has 1 unspecified atom stereocenters. The van der Waals surface area contributed by atoms with Crippen molar-refractivity contribution in [3.8, 4) is 0 Å². The smallest absolute Gasteiger partial charge is 0.252 e. The van der Waals surface area contributed by atoms with Crippen molar-refractivity contribution in [3.05, 3.63) is 81.2 Å². The minimum atomic E-state index is -0.276. The maximum atomic E-state index is 13.2. The predicted molar refractivity (Wildman–Crippen MR) is 138 cm³/mol. The van der Waals surface area contributed by atoms with Crippen LogP contribution in [0.4, 0.5) is 0 Å². The van der Waals surface area contributed by atoms with Gasteiger partial charge in [-0.25, -0.2) is 4.68 Å². The predicted octanol–water partition coefficient (Wildman–Crippen LogP) is 4.68. The third-order valence-corrected chi connectivity index (χ3v) is 6.27. The molecule has 8 heteroatoms. The SMILES string of the molecule is Cc1cc(C)c2[nH]c(=O)c(CN(Cc3cccnc3)C(c3nnnn3C(C)(C)C)C(C)C)cc2c1. The standard InChI is InChI=1S/C27H35N7O/c1-17(2)24(25-30-31-32-34(25)27(5,6)7)33(15-20-9-8-10-28-14-20)16-22-13-21-12-18(3)11-19(4)23(21)29-26(22)35/h8-14,17,24H,15-16H2,1-7H3,(H,29,35). The number of aryl methyl sites for hydroxylation is 2. The van der Waals surface area contributed by atoms with E-state index in [4.69, 9.17) is 0 Å². The molecule has 0 aliphatic rings. The zero-order chi connectivity index (χ0) is 25.3. The highest BCUT2D eigenvalue weighted by molar-refractivity contribution is 5.82. The summed E-state index contributed by atoms with van der Waals surface area (Å²) >= 11 is 0. The molecule has 0 bridgehead atoms. The monoisotopic (exact) mass is 473 g/mol. The topological polar surface area (TPSA) is 92.6 Å². The van der Waals surface area contributed by atoms with E-state index >= 15 is 0 Å². The Morgan fingerprint density at radius 3 is 2.54 bits per heavy atom. The van der Waals surface area contributed by atoms with Gasteiger partial charge in [-0.2, -0.15) is 0 Å². The van der Waals surface area contributed by atoms with Gasteiger partial charge in [-0.3, -0.25) is 14.7 Å². The van der Waals surface area contributed by atoms with Crippen LogP contribution in [0.3, 0.4) is 0 Å². The summed E-state index contributed by atoms with van der Waals surface area (Å²) in [7, 11) is 0. The number of hydrogen-bond acceptors (Lipinski definition) is 6. The first kappa shape index (κ1) is 24.7. The van der Waals surface area contributed by atoms with E-state index in [-0.39, 0.29) is 23.1 Å². The summed E-state index contributed by atoms with van der Waals surface area (Å²) in [5, 5.41) is 13.8. The highest BCUT2D eigenvalue weighted by Crippen LogP contribution is 2.32. The molecule has 4 rings (SSSR count). The summed E-state index contributed by atoms with van der Waals surface area (Å²) in [6.07, 6.45) is 3.64. The second kappa shape index (κ2) is 9.70. The van der Waals surface area contributed by atoms with Crippen molar-refractivity contribution in [1.82, 2.24) is 35.1 Å². The van der Waals surface area contributed by atoms with Crippen LogP contribution in [0.25, 0.3) is 10.9 Å². The molecule has 0 saturated heterocycles. The average molecular weight is 474 g/mol. The highest BCUT2D eigenvalue weighted by atomic mass is 16.1. The lowest BCUT2D eigenvalue weighted by atomic mass is 9.98. The molecule has 0 amide bonds. The molecule has 0 fully saturated rings. The van der Waals surface area contributed by atoms with E-state index in [2.05, 4.69) is 90.1 Å². The number of hydrogen-bond donors (Lipinski definition) is 1. The van der Waals surface area contributed by atoms with Crippen LogP contribution in [0.5, 0.6) is 0 Å². The largest absolute Gasteiger partial charge is 0.321 e. The van der Waals surface area contributed by atoms with Crippen molar-refractivity contribution in [1.29, 1.82) is 0 Å². The minimum Gasteiger partial charge on any atom is -0.321 e. The van der Waals surface area contributed by atoms with E-state index in [1.54, 1.807) is 6.20 Å². The van der Waals surface area contributed by atoms with Crippen LogP contribution in [-0.2, 0) is 18.6 Å². The van der Waals surface area contributed by atoms with Gasteiger partial charge in [0.15, 0.2) is 5.82 Å². The number of aromatic amines is 1. The third-order valence-electron chi connectivity index (χ3n) is 6.27. The van der Waals surface area contributed by atoms with Crippen LogP contribution >= 0.6 is 0 Å². The van der Waals surface area contributed by atoms with E-state index in [9.17, 15) is 4.79 Å². The molecule has 0 radical (unpaired) electrons. The van der Waals surface area contributed by atoms with Crippen LogP contribution in [-0.4, -0.2) is 35.1 Å². The Bertz CT molecular complexity index is 1370. The lowest BCUT2D eigenvalue weighted by Crippen LogP contribution is -2.37. The van der Waals surface area contributed by atoms with Gasteiger partial charge in [0.2, 0.25) is 0 Å². The number of aromatic nitrogens is 6. The van der Waals surface area contributed by atoms with E-state index in [1.807, 2.05) is 29.9 Å². The van der Waals surface area contributed by atoms with Crippen molar-refractivity contribution < 1.29 is 0 Å². The summed E-state index contributed by atoms with van der Waals surface area (Å²) in [6, 6.07) is 10.1. The molecule has 1 atom stereocenters. The van der Waals surface area contributed by atoms with E-state index in [1.165, 1.54) is 5.56 Å². The number of H-pyrrole nitrogens is 1. The molecule has 0 aliphatic heterocycles. The van der Waals surface area contributed by atoms with Gasteiger partial charge >= 0.3 is 0 Å². The molecule has 3 heterocycles. The first-order valence-corrected chi connectivity index (χ1v) is 12.1. The van der Waals surface area contributed by atoms with Crippen LogP contribution in [0.2, 0.25) is 0 Å². The van der Waals surface area contributed by atoms with Crippen molar-refractivity contribution in [2.45, 2.75) is 73.1 Å². The number of rotatable bonds is 7. The van der Waals surface area contributed by atoms with Gasteiger partial charge in [0.05, 0.1) is 17.1 Å². The summed E-state index contributed by atoms with van der Waals surface area (Å²) in [4.78, 5) is 22.9. The van der Waals surface area contributed by atoms with Crippen molar-refractivity contribution >= 4 is 10.9 Å². The molecule has 8 nitrogen and oxygen atoms in total. The van der Waals surface area contributed by atoms with E-state index < -0.39 is 0 Å². The molecule has 0 spiro atoms. The van der Waals surface area contributed by atoms with Crippen LogP contribution < -0.4 is 5.56 Å². The number of nitrogens with one attached hydrogen (secondary N) is 1. The quantitative estimate of drug-likeness (QED) is 0.419. The Balaban J connectivity index is 1.82. The first-order valence-electron chi connectivity index (χ1n) is 12.1. The Morgan fingerprint density at radius 1 is 1.11 bits per heavy atom. The normalized spacial score (nSPS) is 13.2. The number of benzene rings is 1. The zero-order valence-corrected chi connectivity index (χ0v) is 21.7. The molecule has 1 aromatic carbocycles. The highest BCUT2D eigenvalue weighted by Gasteiger charge is 2.33. The third kappa shape index (κ3) is 5.32. The van der Waals surface area contributed by atoms with Gasteiger partial charge in [0.25, 0.3) is 5.56 Å². The van der Waals surface area contributed by atoms with E-state index in [0.29, 0.717) is 18.7 Å². The molecule has 0 saturated carbocycles. The van der Waals surface area contributed by atoms with Gasteiger partial charge < -0.3 is 4.98 Å². The van der Waals surface area contributed by atoms with Gasteiger partial charge in [-0.1, -0.05) is 31.5 Å². The fourth-order valence-electron chi connectivity index (χ4n) is 4.79. The molecular weight excluding hydrogens is 438 g/mol. The minimum absolute atomic E-state index is 0.0708. The van der Waals surface area contributed by atoms with Crippen molar-refractivity contribution in [3.63, 3.8) is 0 Å². The van der Waals surface area contributed by atoms with Gasteiger partial charge in [0.1, 0.15) is 0 Å². The summed E-state index contributed by atoms with van der Waals surface area (Å²) in [5.41, 5.74) is 4.56. The number of tetrazole rings is 1. The lowest BCUT2D eigenvalue weighted by molar-refractivity contribution is 0.119.